The Bertz CT molecular complexity index is 960. The van der Waals surface area contributed by atoms with Crippen LogP contribution in [-0.4, -0.2) is 32.0 Å². The molecule has 3 amide bonds. The van der Waals surface area contributed by atoms with Gasteiger partial charge in [-0.1, -0.05) is 41.6 Å². The number of primary amides is 1. The third kappa shape index (κ3) is 4.47. The molecule has 0 saturated heterocycles. The Kier molecular flexibility index (Phi) is 5.78. The van der Waals surface area contributed by atoms with Gasteiger partial charge in [0, 0.05) is 16.3 Å². The van der Waals surface area contributed by atoms with Crippen LogP contribution >= 0.6 is 23.4 Å². The Morgan fingerprint density at radius 2 is 1.78 bits per heavy atom. The fourth-order valence-electron chi connectivity index (χ4n) is 2.38. The van der Waals surface area contributed by atoms with Crippen molar-refractivity contribution >= 4 is 35.3 Å². The van der Waals surface area contributed by atoms with Crippen LogP contribution < -0.4 is 11.1 Å². The number of halogens is 1. The second-order valence-electron chi connectivity index (χ2n) is 5.60. The highest BCUT2D eigenvalue weighted by Crippen LogP contribution is 2.30. The highest BCUT2D eigenvalue weighted by Gasteiger charge is 2.22. The van der Waals surface area contributed by atoms with E-state index in [1.54, 1.807) is 19.1 Å². The number of nitrogens with zero attached hydrogens (tertiary/aromatic N) is 3. The zero-order valence-corrected chi connectivity index (χ0v) is 15.9. The minimum absolute atomic E-state index is 0.497. The monoisotopic (exact) mass is 401 g/mol. The first kappa shape index (κ1) is 18.9. The smallest absolute Gasteiger partial charge is 0.318 e. The van der Waals surface area contributed by atoms with Gasteiger partial charge in [-0.05, 0) is 43.3 Å². The van der Waals surface area contributed by atoms with E-state index < -0.39 is 17.2 Å². The van der Waals surface area contributed by atoms with Gasteiger partial charge in [-0.25, -0.2) is 4.79 Å². The van der Waals surface area contributed by atoms with Crippen molar-refractivity contribution in [3.8, 4) is 17.1 Å². The van der Waals surface area contributed by atoms with E-state index in [-0.39, 0.29) is 0 Å². The molecule has 27 heavy (non-hydrogen) atoms. The molecule has 138 valence electrons. The minimum atomic E-state index is -0.890. The minimum Gasteiger partial charge on any atom is -0.351 e. The number of carbonyl (C=O) groups excluding carboxylic acids is 2. The summed E-state index contributed by atoms with van der Waals surface area (Å²) < 4.78 is 1.85. The summed E-state index contributed by atoms with van der Waals surface area (Å²) in [5.41, 5.74) is 6.69. The number of thioether (sulfide) groups is 1. The van der Waals surface area contributed by atoms with E-state index in [4.69, 9.17) is 17.3 Å². The first-order chi connectivity index (χ1) is 13.0. The van der Waals surface area contributed by atoms with Gasteiger partial charge < -0.3 is 5.73 Å². The van der Waals surface area contributed by atoms with Crippen molar-refractivity contribution in [2.45, 2.75) is 17.3 Å². The molecule has 9 heteroatoms. The second-order valence-corrected chi connectivity index (χ2v) is 7.34. The Morgan fingerprint density at radius 3 is 2.41 bits per heavy atom. The number of nitrogens with one attached hydrogen (secondary N) is 1. The molecule has 0 aliphatic rings. The predicted octanol–water partition coefficient (Wildman–Crippen LogP) is 3.26. The first-order valence-electron chi connectivity index (χ1n) is 7.99. The molecule has 3 aromatic rings. The van der Waals surface area contributed by atoms with Gasteiger partial charge in [0.2, 0.25) is 5.91 Å². The molecule has 0 aliphatic heterocycles. The Labute approximate surface area is 164 Å². The third-order valence-electron chi connectivity index (χ3n) is 3.65. The Morgan fingerprint density at radius 1 is 1.11 bits per heavy atom. The molecule has 0 spiro atoms. The number of imide groups is 1. The van der Waals surface area contributed by atoms with Gasteiger partial charge in [0.05, 0.1) is 5.25 Å². The van der Waals surface area contributed by atoms with Crippen LogP contribution in [0.2, 0.25) is 5.02 Å². The van der Waals surface area contributed by atoms with Crippen LogP contribution in [0.25, 0.3) is 17.1 Å². The molecule has 7 nitrogen and oxygen atoms in total. The molecule has 3 rings (SSSR count). The molecule has 0 aliphatic carbocycles. The number of aromatic nitrogens is 3. The maximum absolute atomic E-state index is 12.0. The molecule has 1 atom stereocenters. The summed E-state index contributed by atoms with van der Waals surface area (Å²) in [7, 11) is 0. The quantitative estimate of drug-likeness (QED) is 0.638. The van der Waals surface area contributed by atoms with E-state index in [0.717, 1.165) is 11.3 Å². The number of hydrogen-bond donors (Lipinski definition) is 2. The standard InChI is InChI=1S/C18H16ClN5O2S/c1-11(16(25)21-17(20)26)27-18-23-22-15(12-7-9-13(19)10-8-12)24(18)14-5-3-2-4-6-14/h2-11H,1H3,(H3,20,21,25,26). The summed E-state index contributed by atoms with van der Waals surface area (Å²) >= 11 is 7.15. The molecule has 0 radical (unpaired) electrons. The lowest BCUT2D eigenvalue weighted by Crippen LogP contribution is -2.39. The van der Waals surface area contributed by atoms with E-state index in [2.05, 4.69) is 15.5 Å². The molecule has 1 unspecified atom stereocenters. The zero-order chi connectivity index (χ0) is 19.4. The van der Waals surface area contributed by atoms with Gasteiger partial charge in [-0.3, -0.25) is 14.7 Å². The van der Waals surface area contributed by atoms with E-state index in [1.165, 1.54) is 11.8 Å². The number of carbonyl (C=O) groups is 2. The average Bonchev–Trinajstić information content (AvgIpc) is 3.06. The van der Waals surface area contributed by atoms with Crippen molar-refractivity contribution in [2.75, 3.05) is 0 Å². The number of amides is 3. The molecule has 1 aromatic heterocycles. The van der Waals surface area contributed by atoms with Crippen molar-refractivity contribution in [2.24, 2.45) is 5.73 Å². The van der Waals surface area contributed by atoms with Crippen LogP contribution in [0.1, 0.15) is 6.92 Å². The summed E-state index contributed by atoms with van der Waals surface area (Å²) in [5.74, 6) is 0.117. The fraction of sp³-hybridized carbons (Fsp3) is 0.111. The van der Waals surface area contributed by atoms with Gasteiger partial charge in [0.1, 0.15) is 0 Å². The fourth-order valence-corrected chi connectivity index (χ4v) is 3.37. The average molecular weight is 402 g/mol. The third-order valence-corrected chi connectivity index (χ3v) is 4.94. The van der Waals surface area contributed by atoms with Crippen molar-refractivity contribution in [3.05, 3.63) is 59.6 Å². The highest BCUT2D eigenvalue weighted by atomic mass is 35.5. The van der Waals surface area contributed by atoms with Crippen LogP contribution in [-0.2, 0) is 4.79 Å². The Hall–Kier alpha value is -2.84. The number of para-hydroxylation sites is 1. The number of urea groups is 1. The maximum atomic E-state index is 12.0. The molecule has 0 fully saturated rings. The summed E-state index contributed by atoms with van der Waals surface area (Å²) in [4.78, 5) is 22.9. The lowest BCUT2D eigenvalue weighted by molar-refractivity contribution is -0.119. The number of nitrogens with two attached hydrogens (primary N) is 1. The maximum Gasteiger partial charge on any atom is 0.318 e. The van der Waals surface area contributed by atoms with Crippen LogP contribution in [0.5, 0.6) is 0 Å². The van der Waals surface area contributed by atoms with Crippen LogP contribution in [0.15, 0.2) is 59.8 Å². The van der Waals surface area contributed by atoms with Gasteiger partial charge in [-0.15, -0.1) is 10.2 Å². The molecule has 0 bridgehead atoms. The van der Waals surface area contributed by atoms with Gasteiger partial charge in [-0.2, -0.15) is 0 Å². The zero-order valence-electron chi connectivity index (χ0n) is 14.3. The summed E-state index contributed by atoms with van der Waals surface area (Å²) in [5, 5.41) is 11.1. The number of benzene rings is 2. The lowest BCUT2D eigenvalue weighted by atomic mass is 10.2. The van der Waals surface area contributed by atoms with Crippen LogP contribution in [0.4, 0.5) is 4.79 Å². The molecule has 2 aromatic carbocycles. The van der Waals surface area contributed by atoms with Gasteiger partial charge >= 0.3 is 6.03 Å². The number of hydrogen-bond acceptors (Lipinski definition) is 5. The van der Waals surface area contributed by atoms with E-state index in [0.29, 0.717) is 16.0 Å². The predicted molar refractivity (Wildman–Crippen MR) is 105 cm³/mol. The summed E-state index contributed by atoms with van der Waals surface area (Å²) in [6.45, 7) is 1.66. The highest BCUT2D eigenvalue weighted by molar-refractivity contribution is 8.00. The molecule has 1 heterocycles. The van der Waals surface area contributed by atoms with E-state index in [1.807, 2.05) is 47.0 Å². The van der Waals surface area contributed by atoms with Crippen molar-refractivity contribution in [1.29, 1.82) is 0 Å². The lowest BCUT2D eigenvalue weighted by Gasteiger charge is -2.13. The van der Waals surface area contributed by atoms with Crippen molar-refractivity contribution < 1.29 is 9.59 Å². The molecule has 3 N–H and O–H groups in total. The molecular weight excluding hydrogens is 386 g/mol. The SMILES string of the molecule is CC(Sc1nnc(-c2ccc(Cl)cc2)n1-c1ccccc1)C(=O)NC(N)=O. The summed E-state index contributed by atoms with van der Waals surface area (Å²) in [6, 6.07) is 15.9. The normalized spacial score (nSPS) is 11.8. The molecule has 0 saturated carbocycles. The van der Waals surface area contributed by atoms with Crippen molar-refractivity contribution in [1.82, 2.24) is 20.1 Å². The molecular formula is C18H16ClN5O2S. The van der Waals surface area contributed by atoms with E-state index in [9.17, 15) is 9.59 Å². The second kappa shape index (κ2) is 8.24. The number of rotatable bonds is 5. The van der Waals surface area contributed by atoms with Crippen molar-refractivity contribution in [3.63, 3.8) is 0 Å². The van der Waals surface area contributed by atoms with E-state index >= 15 is 0 Å². The summed E-state index contributed by atoms with van der Waals surface area (Å²) in [6.07, 6.45) is 0. The van der Waals surface area contributed by atoms with Gasteiger partial charge in [0.15, 0.2) is 11.0 Å². The topological polar surface area (TPSA) is 103 Å². The van der Waals surface area contributed by atoms with Crippen LogP contribution in [0.3, 0.4) is 0 Å². The Balaban J connectivity index is 2.01. The first-order valence-corrected chi connectivity index (χ1v) is 9.25. The van der Waals surface area contributed by atoms with Crippen LogP contribution in [0, 0.1) is 0 Å². The largest absolute Gasteiger partial charge is 0.351 e. The van der Waals surface area contributed by atoms with Gasteiger partial charge in [0.25, 0.3) is 0 Å².